The molecule has 0 spiro atoms. The number of rotatable bonds is 7. The van der Waals surface area contributed by atoms with Crippen LogP contribution in [0, 0.1) is 5.92 Å². The summed E-state index contributed by atoms with van der Waals surface area (Å²) in [4.78, 5) is 2.50. The predicted molar refractivity (Wildman–Crippen MR) is 71.8 cm³/mol. The number of nitrogens with zero attached hydrogens (tertiary/aromatic N) is 1. The minimum atomic E-state index is 0.639. The molecular weight excluding hydrogens is 196 g/mol. The van der Waals surface area contributed by atoms with Crippen molar-refractivity contribution >= 4 is 0 Å². The summed E-state index contributed by atoms with van der Waals surface area (Å²) in [6.45, 7) is 12.7. The van der Waals surface area contributed by atoms with Crippen molar-refractivity contribution in [3.05, 3.63) is 0 Å². The maximum Gasteiger partial charge on any atom is 0.0169 e. The van der Waals surface area contributed by atoms with Gasteiger partial charge in [0.2, 0.25) is 0 Å². The van der Waals surface area contributed by atoms with Crippen LogP contribution in [0.15, 0.2) is 0 Å². The lowest BCUT2D eigenvalue weighted by Crippen LogP contribution is -2.43. The monoisotopic (exact) mass is 226 g/mol. The third-order valence-corrected chi connectivity index (χ3v) is 4.07. The molecule has 3 atom stereocenters. The van der Waals surface area contributed by atoms with E-state index < -0.39 is 0 Å². The number of hydrogen-bond donors (Lipinski definition) is 1. The molecular formula is C14H30N2. The maximum atomic E-state index is 3.80. The molecule has 0 bridgehead atoms. The van der Waals surface area contributed by atoms with Crippen molar-refractivity contribution in [3.63, 3.8) is 0 Å². The third kappa shape index (κ3) is 4.42. The Kier molecular flexibility index (Phi) is 6.37. The topological polar surface area (TPSA) is 15.3 Å². The Morgan fingerprint density at radius 2 is 1.88 bits per heavy atom. The molecule has 3 unspecified atom stereocenters. The SMILES string of the molecule is CCC1CCC(NC(C)CN(CC)CC)C1. The fourth-order valence-electron chi connectivity index (χ4n) is 2.92. The van der Waals surface area contributed by atoms with Crippen LogP contribution < -0.4 is 5.32 Å². The minimum Gasteiger partial charge on any atom is -0.310 e. The van der Waals surface area contributed by atoms with Gasteiger partial charge in [-0.15, -0.1) is 0 Å². The first-order chi connectivity index (χ1) is 7.69. The lowest BCUT2D eigenvalue weighted by Gasteiger charge is -2.26. The van der Waals surface area contributed by atoms with Crippen molar-refractivity contribution in [2.45, 2.75) is 65.5 Å². The normalized spacial score (nSPS) is 27.6. The van der Waals surface area contributed by atoms with E-state index in [1.807, 2.05) is 0 Å². The van der Waals surface area contributed by atoms with Gasteiger partial charge < -0.3 is 10.2 Å². The zero-order chi connectivity index (χ0) is 12.0. The van der Waals surface area contributed by atoms with E-state index in [2.05, 4.69) is 37.9 Å². The Morgan fingerprint density at radius 3 is 2.38 bits per heavy atom. The molecule has 96 valence electrons. The second-order valence-electron chi connectivity index (χ2n) is 5.34. The Balaban J connectivity index is 2.21. The van der Waals surface area contributed by atoms with Gasteiger partial charge in [0.1, 0.15) is 0 Å². The second kappa shape index (κ2) is 7.29. The van der Waals surface area contributed by atoms with Crippen LogP contribution in [0.4, 0.5) is 0 Å². The molecule has 2 nitrogen and oxygen atoms in total. The largest absolute Gasteiger partial charge is 0.310 e. The molecule has 16 heavy (non-hydrogen) atoms. The molecule has 0 aromatic heterocycles. The first-order valence-electron chi connectivity index (χ1n) is 7.17. The summed E-state index contributed by atoms with van der Waals surface area (Å²) >= 11 is 0. The summed E-state index contributed by atoms with van der Waals surface area (Å²) < 4.78 is 0. The smallest absolute Gasteiger partial charge is 0.0169 e. The van der Waals surface area contributed by atoms with Crippen LogP contribution in [-0.4, -0.2) is 36.6 Å². The minimum absolute atomic E-state index is 0.639. The van der Waals surface area contributed by atoms with E-state index in [0.717, 1.165) is 12.0 Å². The van der Waals surface area contributed by atoms with Crippen molar-refractivity contribution in [1.82, 2.24) is 10.2 Å². The molecule has 1 saturated carbocycles. The molecule has 1 rings (SSSR count). The summed E-state index contributed by atoms with van der Waals surface area (Å²) in [5, 5.41) is 3.80. The highest BCUT2D eigenvalue weighted by Gasteiger charge is 2.24. The molecule has 0 heterocycles. The van der Waals surface area contributed by atoms with Gasteiger partial charge in [0.15, 0.2) is 0 Å². The van der Waals surface area contributed by atoms with Gasteiger partial charge in [-0.1, -0.05) is 27.2 Å². The van der Waals surface area contributed by atoms with Crippen LogP contribution in [0.1, 0.15) is 53.4 Å². The van der Waals surface area contributed by atoms with E-state index in [1.54, 1.807) is 0 Å². The predicted octanol–water partition coefficient (Wildman–Crippen LogP) is 2.89. The Labute approximate surface area is 102 Å². The van der Waals surface area contributed by atoms with Crippen molar-refractivity contribution < 1.29 is 0 Å². The van der Waals surface area contributed by atoms with Gasteiger partial charge in [-0.25, -0.2) is 0 Å². The van der Waals surface area contributed by atoms with E-state index in [0.29, 0.717) is 6.04 Å². The molecule has 1 fully saturated rings. The van der Waals surface area contributed by atoms with Gasteiger partial charge in [0.05, 0.1) is 0 Å². The summed E-state index contributed by atoms with van der Waals surface area (Å²) in [6, 6.07) is 1.43. The first kappa shape index (κ1) is 14.0. The lowest BCUT2D eigenvalue weighted by atomic mass is 10.1. The van der Waals surface area contributed by atoms with Crippen LogP contribution in [0.5, 0.6) is 0 Å². The van der Waals surface area contributed by atoms with Gasteiger partial charge in [0.25, 0.3) is 0 Å². The number of hydrogen-bond acceptors (Lipinski definition) is 2. The maximum absolute atomic E-state index is 3.80. The van der Waals surface area contributed by atoms with Gasteiger partial charge in [-0.2, -0.15) is 0 Å². The second-order valence-corrected chi connectivity index (χ2v) is 5.34. The molecule has 1 aliphatic rings. The van der Waals surface area contributed by atoms with Crippen LogP contribution in [0.2, 0.25) is 0 Å². The molecule has 0 aromatic rings. The van der Waals surface area contributed by atoms with Crippen LogP contribution in [0.3, 0.4) is 0 Å². The van der Waals surface area contributed by atoms with Crippen LogP contribution in [-0.2, 0) is 0 Å². The highest BCUT2D eigenvalue weighted by molar-refractivity contribution is 4.82. The molecule has 0 saturated heterocycles. The first-order valence-corrected chi connectivity index (χ1v) is 7.17. The molecule has 0 aliphatic heterocycles. The zero-order valence-corrected chi connectivity index (χ0v) is 11.6. The molecule has 0 amide bonds. The Hall–Kier alpha value is -0.0800. The number of nitrogens with one attached hydrogen (secondary N) is 1. The molecule has 0 radical (unpaired) electrons. The van der Waals surface area contributed by atoms with Crippen LogP contribution >= 0.6 is 0 Å². The van der Waals surface area contributed by atoms with Crippen molar-refractivity contribution in [1.29, 1.82) is 0 Å². The van der Waals surface area contributed by atoms with Gasteiger partial charge in [0, 0.05) is 18.6 Å². The molecule has 1 N–H and O–H groups in total. The summed E-state index contributed by atoms with van der Waals surface area (Å²) in [7, 11) is 0. The molecule has 0 aromatic carbocycles. The van der Waals surface area contributed by atoms with Crippen molar-refractivity contribution in [3.8, 4) is 0 Å². The van der Waals surface area contributed by atoms with E-state index in [4.69, 9.17) is 0 Å². The van der Waals surface area contributed by atoms with Gasteiger partial charge >= 0.3 is 0 Å². The fourth-order valence-corrected chi connectivity index (χ4v) is 2.92. The Bertz CT molecular complexity index is 178. The lowest BCUT2D eigenvalue weighted by molar-refractivity contribution is 0.260. The number of likely N-dealkylation sites (N-methyl/N-ethyl adjacent to an activating group) is 1. The van der Waals surface area contributed by atoms with Crippen LogP contribution in [0.25, 0.3) is 0 Å². The fraction of sp³-hybridized carbons (Fsp3) is 1.00. The van der Waals surface area contributed by atoms with Crippen molar-refractivity contribution in [2.24, 2.45) is 5.92 Å². The average Bonchev–Trinajstić information content (AvgIpc) is 2.73. The standard InChI is InChI=1S/C14H30N2/c1-5-13-8-9-14(10-13)15-12(4)11-16(6-2)7-3/h12-15H,5-11H2,1-4H3. The summed E-state index contributed by atoms with van der Waals surface area (Å²) in [5.74, 6) is 0.984. The molecule has 1 aliphatic carbocycles. The zero-order valence-electron chi connectivity index (χ0n) is 11.6. The van der Waals surface area contributed by atoms with E-state index in [9.17, 15) is 0 Å². The van der Waals surface area contributed by atoms with Crippen molar-refractivity contribution in [2.75, 3.05) is 19.6 Å². The quantitative estimate of drug-likeness (QED) is 0.718. The highest BCUT2D eigenvalue weighted by atomic mass is 15.1. The van der Waals surface area contributed by atoms with E-state index in [-0.39, 0.29) is 0 Å². The highest BCUT2D eigenvalue weighted by Crippen LogP contribution is 2.28. The van der Waals surface area contributed by atoms with Gasteiger partial charge in [-0.05, 0) is 45.2 Å². The molecule has 2 heteroatoms. The third-order valence-electron chi connectivity index (χ3n) is 4.07. The Morgan fingerprint density at radius 1 is 1.19 bits per heavy atom. The van der Waals surface area contributed by atoms with Gasteiger partial charge in [-0.3, -0.25) is 0 Å². The van der Waals surface area contributed by atoms with E-state index in [1.165, 1.54) is 45.3 Å². The summed E-state index contributed by atoms with van der Waals surface area (Å²) in [6.07, 6.45) is 5.59. The van der Waals surface area contributed by atoms with E-state index >= 15 is 0 Å². The average molecular weight is 226 g/mol. The summed E-state index contributed by atoms with van der Waals surface area (Å²) in [5.41, 5.74) is 0.